The van der Waals surface area contributed by atoms with Crippen molar-refractivity contribution in [2.24, 2.45) is 10.9 Å². The Morgan fingerprint density at radius 2 is 1.97 bits per heavy atom. The smallest absolute Gasteiger partial charge is 0.273 e. The molecule has 3 N–H and O–H groups in total. The van der Waals surface area contributed by atoms with Gasteiger partial charge in [-0.05, 0) is 37.2 Å². The average Bonchev–Trinajstić information content (AvgIpc) is 3.41. The number of carbonyl (C=O) groups excluding carboxylic acids is 1. The number of fused-ring (bicyclic) bond motifs is 1. The molecule has 5 atom stereocenters. The number of likely N-dealkylation sites (tertiary alicyclic amines) is 1. The molecular formula is C24H29N5O3. The summed E-state index contributed by atoms with van der Waals surface area (Å²) < 4.78 is 0. The molecule has 1 amide bonds. The van der Waals surface area contributed by atoms with E-state index >= 15 is 0 Å². The van der Waals surface area contributed by atoms with Gasteiger partial charge in [-0.1, -0.05) is 37.3 Å². The van der Waals surface area contributed by atoms with Crippen molar-refractivity contribution < 1.29 is 15.0 Å². The first kappa shape index (κ1) is 21.0. The van der Waals surface area contributed by atoms with Gasteiger partial charge in [-0.3, -0.25) is 9.79 Å². The second-order valence-electron chi connectivity index (χ2n) is 9.17. The summed E-state index contributed by atoms with van der Waals surface area (Å²) in [5.41, 5.74) is 2.84. The molecule has 168 valence electrons. The molecule has 3 aliphatic rings. The van der Waals surface area contributed by atoms with Crippen LogP contribution in [0.2, 0.25) is 0 Å². The molecular weight excluding hydrogens is 406 g/mol. The van der Waals surface area contributed by atoms with Crippen LogP contribution in [0, 0.1) is 5.92 Å². The van der Waals surface area contributed by atoms with Gasteiger partial charge < -0.3 is 20.4 Å². The van der Waals surface area contributed by atoms with Crippen LogP contribution in [0.4, 0.5) is 5.82 Å². The number of aromatic nitrogens is 2. The summed E-state index contributed by atoms with van der Waals surface area (Å²) in [6, 6.07) is 9.81. The van der Waals surface area contributed by atoms with Gasteiger partial charge in [-0.25, -0.2) is 9.97 Å². The Labute approximate surface area is 187 Å². The molecule has 2 aromatic rings. The summed E-state index contributed by atoms with van der Waals surface area (Å²) in [6.07, 6.45) is 2.85. The lowest BCUT2D eigenvalue weighted by molar-refractivity contribution is -0.125. The number of aliphatic hydroxyl groups is 2. The predicted octanol–water partition coefficient (Wildman–Crippen LogP) is 2.08. The highest BCUT2D eigenvalue weighted by molar-refractivity contribution is 6.47. The fraction of sp³-hybridized carbons (Fsp3) is 0.500. The summed E-state index contributed by atoms with van der Waals surface area (Å²) in [5, 5.41) is 23.8. The van der Waals surface area contributed by atoms with Crippen molar-refractivity contribution in [3.05, 3.63) is 53.5 Å². The highest BCUT2D eigenvalue weighted by Crippen LogP contribution is 2.37. The number of rotatable bonds is 4. The van der Waals surface area contributed by atoms with Crippen LogP contribution >= 0.6 is 0 Å². The number of benzene rings is 1. The quantitative estimate of drug-likeness (QED) is 0.678. The molecule has 3 heterocycles. The molecule has 2 fully saturated rings. The topological polar surface area (TPSA) is 111 Å². The molecule has 1 saturated carbocycles. The zero-order chi connectivity index (χ0) is 22.2. The van der Waals surface area contributed by atoms with Crippen molar-refractivity contribution in [1.29, 1.82) is 0 Å². The minimum atomic E-state index is -0.881. The van der Waals surface area contributed by atoms with Crippen molar-refractivity contribution in [3.63, 3.8) is 0 Å². The second kappa shape index (κ2) is 8.60. The minimum absolute atomic E-state index is 0.0156. The lowest BCUT2D eigenvalue weighted by Gasteiger charge is -2.33. The lowest BCUT2D eigenvalue weighted by Crippen LogP contribution is -2.46. The molecule has 0 bridgehead atoms. The first-order chi connectivity index (χ1) is 15.5. The van der Waals surface area contributed by atoms with Crippen molar-refractivity contribution in [2.45, 2.75) is 63.4 Å². The van der Waals surface area contributed by atoms with Crippen LogP contribution in [-0.2, 0) is 11.3 Å². The van der Waals surface area contributed by atoms with Crippen LogP contribution in [-0.4, -0.2) is 61.5 Å². The Hall–Kier alpha value is -2.84. The van der Waals surface area contributed by atoms with E-state index in [1.165, 1.54) is 6.33 Å². The number of carbonyl (C=O) groups is 1. The Kier molecular flexibility index (Phi) is 5.65. The van der Waals surface area contributed by atoms with Crippen molar-refractivity contribution in [1.82, 2.24) is 14.9 Å². The van der Waals surface area contributed by atoms with Crippen molar-refractivity contribution in [3.8, 4) is 0 Å². The first-order valence-corrected chi connectivity index (χ1v) is 11.4. The molecule has 0 spiro atoms. The van der Waals surface area contributed by atoms with E-state index in [9.17, 15) is 15.0 Å². The van der Waals surface area contributed by atoms with Gasteiger partial charge in [0.25, 0.3) is 5.91 Å². The standard InChI is InChI=1S/C24H29N5O3/c1-14-10-18(15-6-3-2-4-7-15)29(12-14)24(32)21-20-17(11-25-21)26-13-27-23(20)28-16-8-5-9-19(30)22(16)31/h2-4,6-7,13-14,16,18-19,22,30-31H,5,8-12H2,1H3,(H,26,27,28)/t14-,16+,18+,19+,22-/m0/s1. The zero-order valence-electron chi connectivity index (χ0n) is 18.2. The molecule has 8 nitrogen and oxygen atoms in total. The third-order valence-electron chi connectivity index (χ3n) is 6.85. The maximum Gasteiger partial charge on any atom is 0.273 e. The Balaban J connectivity index is 1.43. The molecule has 2 aliphatic heterocycles. The summed E-state index contributed by atoms with van der Waals surface area (Å²) in [5.74, 6) is 0.791. The number of hydrogen-bond donors (Lipinski definition) is 3. The van der Waals surface area contributed by atoms with Gasteiger partial charge in [-0.2, -0.15) is 0 Å². The zero-order valence-corrected chi connectivity index (χ0v) is 18.2. The number of amides is 1. The fourth-order valence-electron chi connectivity index (χ4n) is 5.20. The maximum absolute atomic E-state index is 13.7. The summed E-state index contributed by atoms with van der Waals surface area (Å²) in [6.45, 7) is 3.18. The number of nitrogens with zero attached hydrogens (tertiary/aromatic N) is 4. The Morgan fingerprint density at radius 3 is 2.78 bits per heavy atom. The normalized spacial score (nSPS) is 29.5. The third-order valence-corrected chi connectivity index (χ3v) is 6.85. The van der Waals surface area contributed by atoms with E-state index in [1.807, 2.05) is 23.1 Å². The largest absolute Gasteiger partial charge is 0.390 e. The van der Waals surface area contributed by atoms with E-state index in [0.717, 1.165) is 24.8 Å². The molecule has 0 unspecified atom stereocenters. The van der Waals surface area contributed by atoms with Crippen LogP contribution in [0.3, 0.4) is 0 Å². The fourth-order valence-corrected chi connectivity index (χ4v) is 5.20. The molecule has 0 radical (unpaired) electrons. The van der Waals surface area contributed by atoms with E-state index in [2.05, 4.69) is 39.3 Å². The molecule has 1 saturated heterocycles. The van der Waals surface area contributed by atoms with Crippen LogP contribution in [0.5, 0.6) is 0 Å². The SMILES string of the molecule is C[C@H]1C[C@H](c2ccccc2)N(C(=O)C2=NCc3ncnc(N[C@@H]4CCC[C@@H](O)[C@H]4O)c32)C1. The summed E-state index contributed by atoms with van der Waals surface area (Å²) >= 11 is 0. The molecule has 1 aromatic carbocycles. The Morgan fingerprint density at radius 1 is 1.16 bits per heavy atom. The van der Waals surface area contributed by atoms with E-state index < -0.39 is 12.2 Å². The summed E-state index contributed by atoms with van der Waals surface area (Å²) in [4.78, 5) is 28.9. The Bertz CT molecular complexity index is 1030. The van der Waals surface area contributed by atoms with Crippen LogP contribution in [0.1, 0.15) is 55.5 Å². The number of hydrogen-bond acceptors (Lipinski definition) is 7. The van der Waals surface area contributed by atoms with E-state index in [-0.39, 0.29) is 18.0 Å². The van der Waals surface area contributed by atoms with Gasteiger partial charge in [-0.15, -0.1) is 0 Å². The van der Waals surface area contributed by atoms with Gasteiger partial charge in [0.05, 0.1) is 42.1 Å². The number of aliphatic imine (C=N–C) groups is 1. The van der Waals surface area contributed by atoms with Gasteiger partial charge in [0.1, 0.15) is 17.9 Å². The van der Waals surface area contributed by atoms with Gasteiger partial charge in [0.2, 0.25) is 0 Å². The summed E-state index contributed by atoms with van der Waals surface area (Å²) in [7, 11) is 0. The first-order valence-electron chi connectivity index (χ1n) is 11.4. The number of nitrogens with one attached hydrogen (secondary N) is 1. The maximum atomic E-state index is 13.7. The molecule has 5 rings (SSSR count). The molecule has 1 aromatic heterocycles. The van der Waals surface area contributed by atoms with Gasteiger partial charge in [0.15, 0.2) is 0 Å². The number of anilines is 1. The predicted molar refractivity (Wildman–Crippen MR) is 120 cm³/mol. The average molecular weight is 436 g/mol. The van der Waals surface area contributed by atoms with Crippen LogP contribution in [0.15, 0.2) is 41.7 Å². The highest BCUT2D eigenvalue weighted by Gasteiger charge is 2.39. The highest BCUT2D eigenvalue weighted by atomic mass is 16.3. The second-order valence-corrected chi connectivity index (χ2v) is 9.17. The van der Waals surface area contributed by atoms with E-state index in [4.69, 9.17) is 0 Å². The lowest BCUT2D eigenvalue weighted by atomic mass is 9.90. The molecule has 8 heteroatoms. The molecule has 32 heavy (non-hydrogen) atoms. The van der Waals surface area contributed by atoms with Gasteiger partial charge in [0, 0.05) is 6.54 Å². The minimum Gasteiger partial charge on any atom is -0.390 e. The third kappa shape index (κ3) is 3.78. The van der Waals surface area contributed by atoms with Crippen molar-refractivity contribution >= 4 is 17.4 Å². The number of aliphatic hydroxyl groups excluding tert-OH is 2. The van der Waals surface area contributed by atoms with Crippen LogP contribution < -0.4 is 5.32 Å². The van der Waals surface area contributed by atoms with E-state index in [0.29, 0.717) is 48.2 Å². The van der Waals surface area contributed by atoms with E-state index in [1.54, 1.807) is 0 Å². The van der Waals surface area contributed by atoms with Crippen molar-refractivity contribution in [2.75, 3.05) is 11.9 Å². The van der Waals surface area contributed by atoms with Gasteiger partial charge >= 0.3 is 0 Å². The van der Waals surface area contributed by atoms with Crippen LogP contribution in [0.25, 0.3) is 0 Å². The monoisotopic (exact) mass is 435 g/mol. The molecule has 1 aliphatic carbocycles.